The van der Waals surface area contributed by atoms with Crippen molar-refractivity contribution in [3.05, 3.63) is 87.7 Å². The summed E-state index contributed by atoms with van der Waals surface area (Å²) in [6, 6.07) is 9.34. The van der Waals surface area contributed by atoms with Crippen LogP contribution in [-0.2, 0) is 44.1 Å². The van der Waals surface area contributed by atoms with Crippen LogP contribution in [0.4, 0.5) is 4.39 Å². The quantitative estimate of drug-likeness (QED) is 0.0655. The average Bonchev–Trinajstić information content (AvgIpc) is 3.77. The van der Waals surface area contributed by atoms with E-state index in [1.54, 1.807) is 70.7 Å². The predicted octanol–water partition coefficient (Wildman–Crippen LogP) is 5.23. The summed E-state index contributed by atoms with van der Waals surface area (Å²) in [4.78, 5) is 79.2. The number of hydrogen-bond acceptors (Lipinski definition) is 14. The summed E-state index contributed by atoms with van der Waals surface area (Å²) in [5.74, 6) is -0.0175. The van der Waals surface area contributed by atoms with Crippen LogP contribution in [0.25, 0.3) is 32.3 Å². The van der Waals surface area contributed by atoms with Gasteiger partial charge in [-0.3, -0.25) is 33.9 Å². The number of unbranched alkanes of at least 4 members (excludes halogenated alkanes) is 1. The van der Waals surface area contributed by atoms with Gasteiger partial charge in [0.2, 0.25) is 17.7 Å². The molecular formula is C54H67FN8O10S. The monoisotopic (exact) mass is 1040 g/mol. The molecule has 2 aromatic carbocycles. The Balaban J connectivity index is 0.778. The van der Waals surface area contributed by atoms with Gasteiger partial charge in [-0.05, 0) is 73.2 Å². The second-order valence-electron chi connectivity index (χ2n) is 20.6. The molecule has 3 aliphatic rings. The Kier molecular flexibility index (Phi) is 16.7. The third kappa shape index (κ3) is 12.4. The van der Waals surface area contributed by atoms with Crippen molar-refractivity contribution in [1.82, 2.24) is 40.3 Å². The van der Waals surface area contributed by atoms with Gasteiger partial charge >= 0.3 is 0 Å². The lowest BCUT2D eigenvalue weighted by atomic mass is 9.85. The smallest absolute Gasteiger partial charge is 0.259 e. The normalized spacial score (nSPS) is 17.9. The second-order valence-corrected chi connectivity index (χ2v) is 21.4. The molecule has 5 heterocycles. The third-order valence-electron chi connectivity index (χ3n) is 13.9. The van der Waals surface area contributed by atoms with Crippen LogP contribution in [0, 0.1) is 12.3 Å². The van der Waals surface area contributed by atoms with Crippen molar-refractivity contribution in [2.75, 3.05) is 53.7 Å². The molecule has 74 heavy (non-hydrogen) atoms. The number of methoxy groups -OCH3 is 2. The number of aromatic nitrogens is 3. The minimum absolute atomic E-state index is 0.00775. The molecule has 5 aromatic rings. The van der Waals surface area contributed by atoms with Crippen LogP contribution in [0.3, 0.4) is 0 Å². The molecule has 20 heteroatoms. The highest BCUT2D eigenvalue weighted by atomic mass is 32.1. The van der Waals surface area contributed by atoms with Gasteiger partial charge in [0.25, 0.3) is 11.5 Å². The molecule has 1 saturated carbocycles. The number of rotatable bonds is 22. The lowest BCUT2D eigenvalue weighted by Crippen LogP contribution is -2.59. The number of carbonyl (C=O) groups is 4. The number of amides is 4. The molecule has 2 aliphatic heterocycles. The van der Waals surface area contributed by atoms with Crippen LogP contribution in [0.5, 0.6) is 17.2 Å². The standard InChI is InChI=1S/C54H67FN8O10S/c1-32-47(74-31-58-32)33-11-12-34(24-57-49(66)42-22-37(64)29-63(42)51(68)48(53(2,3)4)60-52(69)54(55)14-15-54)44(20-33)73-19-18-72-17-9-8-10-46(65)59-36-27-62(28-36)26-35-21-45(71-7)39(23-43(35)70-6)41-30-61(5)50(67)40-25-56-16-13-38(40)41/h11-13,16,20-21,23,25,30-31,36-37,42,48,64H,8-10,14-15,17-19,22,24,26-29H2,1-7H3,(H,57,66)(H,59,65)(H,60,69)/t37-,42+,48-/m1/s1. The first-order valence-corrected chi connectivity index (χ1v) is 26.0. The lowest BCUT2D eigenvalue weighted by Gasteiger charge is -2.39. The van der Waals surface area contributed by atoms with E-state index in [0.29, 0.717) is 73.7 Å². The number of nitrogens with one attached hydrogen (secondary N) is 3. The first-order valence-electron chi connectivity index (χ1n) is 25.1. The molecule has 0 spiro atoms. The van der Waals surface area contributed by atoms with E-state index >= 15 is 0 Å². The number of halogens is 1. The number of aliphatic hydroxyl groups is 1. The fourth-order valence-corrected chi connectivity index (χ4v) is 10.3. The van der Waals surface area contributed by atoms with Gasteiger partial charge in [-0.15, -0.1) is 11.3 Å². The molecule has 1 aliphatic carbocycles. The summed E-state index contributed by atoms with van der Waals surface area (Å²) in [5, 5.41) is 20.6. The number of thiazole rings is 1. The van der Waals surface area contributed by atoms with Crippen molar-refractivity contribution in [3.8, 4) is 38.8 Å². The summed E-state index contributed by atoms with van der Waals surface area (Å²) < 4.78 is 40.0. The molecule has 3 atom stereocenters. The fourth-order valence-electron chi connectivity index (χ4n) is 9.53. The highest BCUT2D eigenvalue weighted by Gasteiger charge is 2.53. The van der Waals surface area contributed by atoms with Gasteiger partial charge in [-0.1, -0.05) is 32.9 Å². The number of ether oxygens (including phenoxy) is 4. The highest BCUT2D eigenvalue weighted by Crippen LogP contribution is 2.41. The molecule has 18 nitrogen and oxygen atoms in total. The number of pyridine rings is 2. The van der Waals surface area contributed by atoms with Gasteiger partial charge in [-0.25, -0.2) is 9.37 Å². The van der Waals surface area contributed by atoms with Crippen LogP contribution in [0.2, 0.25) is 0 Å². The Morgan fingerprint density at radius 3 is 2.42 bits per heavy atom. The van der Waals surface area contributed by atoms with E-state index in [1.807, 2.05) is 43.3 Å². The number of aryl methyl sites for hydroxylation is 2. The number of benzene rings is 2. The molecule has 3 fully saturated rings. The first-order chi connectivity index (χ1) is 35.4. The van der Waals surface area contributed by atoms with Gasteiger partial charge in [-0.2, -0.15) is 0 Å². The number of fused-ring (bicyclic) bond motifs is 1. The zero-order valence-electron chi connectivity index (χ0n) is 43.1. The molecule has 396 valence electrons. The van der Waals surface area contributed by atoms with Crippen LogP contribution in [0.15, 0.2) is 65.3 Å². The number of likely N-dealkylation sites (tertiary alicyclic amines) is 2. The van der Waals surface area contributed by atoms with Crippen LogP contribution in [0.1, 0.15) is 76.1 Å². The van der Waals surface area contributed by atoms with Gasteiger partial charge in [0.15, 0.2) is 5.67 Å². The van der Waals surface area contributed by atoms with E-state index in [0.717, 1.165) is 38.2 Å². The Morgan fingerprint density at radius 2 is 1.72 bits per heavy atom. The second kappa shape index (κ2) is 23.0. The topological polar surface area (TPSA) is 216 Å². The number of nitrogens with zero attached hydrogens (tertiary/aromatic N) is 5. The van der Waals surface area contributed by atoms with E-state index < -0.39 is 47.0 Å². The largest absolute Gasteiger partial charge is 0.496 e. The van der Waals surface area contributed by atoms with Crippen molar-refractivity contribution in [1.29, 1.82) is 0 Å². The van der Waals surface area contributed by atoms with Crippen molar-refractivity contribution in [2.45, 2.75) is 109 Å². The molecule has 8 rings (SSSR count). The van der Waals surface area contributed by atoms with Crippen LogP contribution >= 0.6 is 11.3 Å². The molecule has 4 N–H and O–H groups in total. The third-order valence-corrected chi connectivity index (χ3v) is 14.9. The average molecular weight is 1040 g/mol. The van der Waals surface area contributed by atoms with Gasteiger partial charge in [0, 0.05) is 100 Å². The summed E-state index contributed by atoms with van der Waals surface area (Å²) in [5.41, 5.74) is 3.87. The molecule has 2 saturated heterocycles. The van der Waals surface area contributed by atoms with Crippen molar-refractivity contribution >= 4 is 45.7 Å². The van der Waals surface area contributed by atoms with Crippen molar-refractivity contribution in [2.24, 2.45) is 12.5 Å². The number of aliphatic hydroxyl groups excluding tert-OH is 1. The predicted molar refractivity (Wildman–Crippen MR) is 278 cm³/mol. The molecule has 0 bridgehead atoms. The van der Waals surface area contributed by atoms with E-state index in [4.69, 9.17) is 18.9 Å². The number of carbonyl (C=O) groups excluding carboxylic acids is 4. The zero-order chi connectivity index (χ0) is 52.9. The SMILES string of the molecule is COc1cc(-c2cn(C)c(=O)c3cnccc23)c(OC)cc1CN1CC(NC(=O)CCCCOCCOc2cc(-c3scnc3C)ccc2CNC(=O)[C@@H]2C[C@@H](O)CN2C(=O)[C@@H](NC(=O)C2(F)CC2)C(C)(C)C)C1. The van der Waals surface area contributed by atoms with Gasteiger partial charge in [0.05, 0.1) is 54.4 Å². The Labute approximate surface area is 433 Å². The Bertz CT molecular complexity index is 2930. The summed E-state index contributed by atoms with van der Waals surface area (Å²) in [6.07, 6.45) is 5.99. The highest BCUT2D eigenvalue weighted by molar-refractivity contribution is 7.13. The van der Waals surface area contributed by atoms with Crippen LogP contribution in [-0.4, -0.2) is 137 Å². The van der Waals surface area contributed by atoms with E-state index in [1.165, 1.54) is 16.2 Å². The maximum Gasteiger partial charge on any atom is 0.259 e. The van der Waals surface area contributed by atoms with Gasteiger partial charge < -0.3 is 49.5 Å². The van der Waals surface area contributed by atoms with Crippen LogP contribution < -0.4 is 35.7 Å². The fraction of sp³-hybridized carbons (Fsp3) is 0.500. The van der Waals surface area contributed by atoms with Gasteiger partial charge in [0.1, 0.15) is 35.9 Å². The van der Waals surface area contributed by atoms with E-state index in [2.05, 4.69) is 30.8 Å². The number of alkyl halides is 1. The maximum atomic E-state index is 14.7. The van der Waals surface area contributed by atoms with E-state index in [-0.39, 0.29) is 63.1 Å². The first kappa shape index (κ1) is 53.8. The number of β-amino-alcohol motifs (C(OH)–C–C–N with tert-alkyl or cyclic N) is 1. The molecule has 4 amide bonds. The summed E-state index contributed by atoms with van der Waals surface area (Å²) in [7, 11) is 4.96. The minimum Gasteiger partial charge on any atom is -0.496 e. The summed E-state index contributed by atoms with van der Waals surface area (Å²) in [6.45, 7) is 10.1. The molecular weight excluding hydrogens is 972 g/mol. The number of hydrogen-bond donors (Lipinski definition) is 4. The maximum absolute atomic E-state index is 14.7. The molecule has 0 radical (unpaired) electrons. The molecule has 3 aromatic heterocycles. The molecule has 0 unspecified atom stereocenters. The van der Waals surface area contributed by atoms with E-state index in [9.17, 15) is 33.5 Å². The lowest BCUT2D eigenvalue weighted by molar-refractivity contribution is -0.145. The van der Waals surface area contributed by atoms with Crippen molar-refractivity contribution < 1.29 is 47.6 Å². The Hall–Kier alpha value is -6.48. The summed E-state index contributed by atoms with van der Waals surface area (Å²) >= 11 is 1.50. The van der Waals surface area contributed by atoms with Crippen molar-refractivity contribution in [3.63, 3.8) is 0 Å². The minimum atomic E-state index is -1.98. The zero-order valence-corrected chi connectivity index (χ0v) is 43.9. The Morgan fingerprint density at radius 1 is 0.946 bits per heavy atom.